The van der Waals surface area contributed by atoms with E-state index < -0.39 is 12.1 Å². The lowest BCUT2D eigenvalue weighted by atomic mass is 9.89. The predicted molar refractivity (Wildman–Crippen MR) is 134 cm³/mol. The minimum absolute atomic E-state index is 0.0569. The number of pyridine rings is 2. The first-order valence-electron chi connectivity index (χ1n) is 12.2. The molecule has 0 spiro atoms. The standard InChI is InChI=1S/C27H25F4N5O2/c1-16-5-3-6-20(28)24(16)35-11-8-18(9-12-35)19-13-21-25(34-17(2)14-33-21)36(26(19)37)15-22-23(7-4-10-32-22)38-27(29,30)31/h3-7,10,13-14,18H,8-9,11-12,15H2,1-2H3. The Hall–Kier alpha value is -4.02. The minimum atomic E-state index is -4.91. The quantitative estimate of drug-likeness (QED) is 0.329. The highest BCUT2D eigenvalue weighted by molar-refractivity contribution is 5.71. The van der Waals surface area contributed by atoms with Crippen molar-refractivity contribution in [3.05, 3.63) is 87.5 Å². The molecule has 38 heavy (non-hydrogen) atoms. The van der Waals surface area contributed by atoms with Gasteiger partial charge in [-0.3, -0.25) is 19.3 Å². The summed E-state index contributed by atoms with van der Waals surface area (Å²) in [7, 11) is 0. The zero-order valence-electron chi connectivity index (χ0n) is 20.8. The number of para-hydroxylation sites is 1. The number of benzene rings is 1. The van der Waals surface area contributed by atoms with Crippen LogP contribution in [0.4, 0.5) is 23.2 Å². The first-order chi connectivity index (χ1) is 18.1. The van der Waals surface area contributed by atoms with Gasteiger partial charge in [-0.05, 0) is 62.4 Å². The number of rotatable bonds is 5. The van der Waals surface area contributed by atoms with Crippen molar-refractivity contribution in [1.29, 1.82) is 0 Å². The molecule has 4 heterocycles. The number of fused-ring (bicyclic) bond motifs is 1. The zero-order valence-corrected chi connectivity index (χ0v) is 20.8. The maximum absolute atomic E-state index is 14.5. The molecule has 11 heteroatoms. The van der Waals surface area contributed by atoms with Crippen molar-refractivity contribution in [1.82, 2.24) is 19.5 Å². The van der Waals surface area contributed by atoms with Gasteiger partial charge in [0.2, 0.25) is 0 Å². The fraction of sp³-hybridized carbons (Fsp3) is 0.333. The molecule has 0 N–H and O–H groups in total. The molecule has 4 aromatic rings. The molecule has 0 atom stereocenters. The third-order valence-electron chi connectivity index (χ3n) is 6.76. The number of anilines is 1. The SMILES string of the molecule is Cc1cnc2cc(C3CCN(c4c(C)cccc4F)CC3)c(=O)n(Cc3ncccc3OC(F)(F)F)c2n1. The Morgan fingerprint density at radius 3 is 2.55 bits per heavy atom. The van der Waals surface area contributed by atoms with E-state index in [0.29, 0.717) is 48.4 Å². The molecule has 0 bridgehead atoms. The molecule has 0 aliphatic carbocycles. The second-order valence-corrected chi connectivity index (χ2v) is 9.37. The zero-order chi connectivity index (χ0) is 27.0. The van der Waals surface area contributed by atoms with Crippen LogP contribution in [0.1, 0.15) is 41.3 Å². The number of hydrogen-bond donors (Lipinski definition) is 0. The van der Waals surface area contributed by atoms with Gasteiger partial charge in [0.25, 0.3) is 5.56 Å². The molecule has 0 saturated carbocycles. The van der Waals surface area contributed by atoms with Gasteiger partial charge in [0, 0.05) is 31.0 Å². The molecule has 1 fully saturated rings. The lowest BCUT2D eigenvalue weighted by Gasteiger charge is -2.34. The number of hydrogen-bond acceptors (Lipinski definition) is 6. The molecule has 7 nitrogen and oxygen atoms in total. The van der Waals surface area contributed by atoms with Crippen molar-refractivity contribution < 1.29 is 22.3 Å². The van der Waals surface area contributed by atoms with Gasteiger partial charge in [-0.2, -0.15) is 0 Å². The maximum Gasteiger partial charge on any atom is 0.573 e. The number of ether oxygens (including phenoxy) is 1. The Morgan fingerprint density at radius 1 is 1.08 bits per heavy atom. The third kappa shape index (κ3) is 5.18. The number of halogens is 4. The summed E-state index contributed by atoms with van der Waals surface area (Å²) in [5, 5.41) is 0. The summed E-state index contributed by atoms with van der Waals surface area (Å²) in [5.74, 6) is -0.909. The van der Waals surface area contributed by atoms with Crippen molar-refractivity contribution >= 4 is 16.9 Å². The van der Waals surface area contributed by atoms with Crippen LogP contribution in [-0.4, -0.2) is 39.0 Å². The van der Waals surface area contributed by atoms with Crippen molar-refractivity contribution in [2.75, 3.05) is 18.0 Å². The van der Waals surface area contributed by atoms with Crippen molar-refractivity contribution in [3.63, 3.8) is 0 Å². The van der Waals surface area contributed by atoms with Gasteiger partial charge < -0.3 is 9.64 Å². The molecule has 0 unspecified atom stereocenters. The lowest BCUT2D eigenvalue weighted by molar-refractivity contribution is -0.275. The average Bonchev–Trinajstić information content (AvgIpc) is 2.86. The van der Waals surface area contributed by atoms with Gasteiger partial charge in [0.15, 0.2) is 11.4 Å². The van der Waals surface area contributed by atoms with Gasteiger partial charge in [-0.1, -0.05) is 12.1 Å². The molecule has 1 aromatic carbocycles. The molecule has 1 aliphatic heterocycles. The summed E-state index contributed by atoms with van der Waals surface area (Å²) in [6.45, 7) is 4.40. The van der Waals surface area contributed by atoms with E-state index in [2.05, 4.69) is 19.7 Å². The third-order valence-corrected chi connectivity index (χ3v) is 6.76. The molecular weight excluding hydrogens is 502 g/mol. The van der Waals surface area contributed by atoms with Crippen LogP contribution in [0, 0.1) is 19.7 Å². The van der Waals surface area contributed by atoms with Crippen LogP contribution in [0.5, 0.6) is 5.75 Å². The highest BCUT2D eigenvalue weighted by atomic mass is 19.4. The van der Waals surface area contributed by atoms with E-state index in [1.807, 2.05) is 17.9 Å². The lowest BCUT2D eigenvalue weighted by Crippen LogP contribution is -2.36. The Bertz CT molecular complexity index is 1530. The van der Waals surface area contributed by atoms with E-state index in [1.165, 1.54) is 22.9 Å². The van der Waals surface area contributed by atoms with E-state index in [4.69, 9.17) is 0 Å². The number of piperidine rings is 1. The summed E-state index contributed by atoms with van der Waals surface area (Å²) in [5.41, 5.74) is 2.73. The van der Waals surface area contributed by atoms with Gasteiger partial charge >= 0.3 is 6.36 Å². The molecule has 3 aromatic heterocycles. The van der Waals surface area contributed by atoms with Crippen LogP contribution in [0.25, 0.3) is 11.2 Å². The number of aromatic nitrogens is 4. The second-order valence-electron chi connectivity index (χ2n) is 9.37. The summed E-state index contributed by atoms with van der Waals surface area (Å²) in [4.78, 5) is 28.7. The van der Waals surface area contributed by atoms with E-state index >= 15 is 0 Å². The van der Waals surface area contributed by atoms with Crippen LogP contribution in [0.15, 0.2) is 53.6 Å². The number of alkyl halides is 3. The average molecular weight is 528 g/mol. The van der Waals surface area contributed by atoms with E-state index in [1.54, 1.807) is 25.3 Å². The Labute approximate surface area is 215 Å². The van der Waals surface area contributed by atoms with Crippen LogP contribution >= 0.6 is 0 Å². The minimum Gasteiger partial charge on any atom is -0.404 e. The molecule has 5 rings (SSSR count). The molecule has 198 valence electrons. The fourth-order valence-corrected chi connectivity index (χ4v) is 5.02. The predicted octanol–water partition coefficient (Wildman–Crippen LogP) is 5.27. The van der Waals surface area contributed by atoms with Gasteiger partial charge in [-0.15, -0.1) is 13.2 Å². The second kappa shape index (κ2) is 10.0. The molecule has 1 aliphatic rings. The summed E-state index contributed by atoms with van der Waals surface area (Å²) < 4.78 is 58.9. The number of aryl methyl sites for hydroxylation is 2. The van der Waals surface area contributed by atoms with Crippen molar-refractivity contribution in [2.45, 2.75) is 45.5 Å². The van der Waals surface area contributed by atoms with Crippen LogP contribution < -0.4 is 15.2 Å². The van der Waals surface area contributed by atoms with Crippen LogP contribution in [0.3, 0.4) is 0 Å². The van der Waals surface area contributed by atoms with Gasteiger partial charge in [-0.25, -0.2) is 9.37 Å². The van der Waals surface area contributed by atoms with E-state index in [-0.39, 0.29) is 35.2 Å². The van der Waals surface area contributed by atoms with E-state index in [0.717, 1.165) is 11.6 Å². The van der Waals surface area contributed by atoms with Crippen molar-refractivity contribution in [2.24, 2.45) is 0 Å². The molecule has 0 radical (unpaired) electrons. The fourth-order valence-electron chi connectivity index (χ4n) is 5.02. The topological polar surface area (TPSA) is 73.1 Å². The molecule has 1 saturated heterocycles. The Kier molecular flexibility index (Phi) is 6.77. The Balaban J connectivity index is 1.51. The van der Waals surface area contributed by atoms with E-state index in [9.17, 15) is 22.4 Å². The molecule has 0 amide bonds. The first-order valence-corrected chi connectivity index (χ1v) is 12.2. The highest BCUT2D eigenvalue weighted by Crippen LogP contribution is 2.33. The van der Waals surface area contributed by atoms with Crippen LogP contribution in [0.2, 0.25) is 0 Å². The molecular formula is C27H25F4N5O2. The van der Waals surface area contributed by atoms with Crippen LogP contribution in [-0.2, 0) is 6.54 Å². The van der Waals surface area contributed by atoms with Crippen molar-refractivity contribution in [3.8, 4) is 5.75 Å². The number of nitrogens with zero attached hydrogens (tertiary/aromatic N) is 5. The summed E-state index contributed by atoms with van der Waals surface area (Å²) >= 11 is 0. The first kappa shape index (κ1) is 25.6. The monoisotopic (exact) mass is 527 g/mol. The normalized spacial score (nSPS) is 14.7. The van der Waals surface area contributed by atoms with Gasteiger partial charge in [0.05, 0.1) is 17.9 Å². The highest BCUT2D eigenvalue weighted by Gasteiger charge is 2.33. The smallest absolute Gasteiger partial charge is 0.404 e. The van der Waals surface area contributed by atoms with Gasteiger partial charge in [0.1, 0.15) is 17.0 Å². The maximum atomic E-state index is 14.5. The largest absolute Gasteiger partial charge is 0.573 e. The summed E-state index contributed by atoms with van der Waals surface area (Å²) in [6, 6.07) is 9.17. The summed E-state index contributed by atoms with van der Waals surface area (Å²) in [6.07, 6.45) is -0.802. The Morgan fingerprint density at radius 2 is 1.84 bits per heavy atom.